The average Bonchev–Trinajstić information content (AvgIpc) is 3.33. The first-order valence-electron chi connectivity index (χ1n) is 10.9. The van der Waals surface area contributed by atoms with Gasteiger partial charge >= 0.3 is 6.18 Å². The van der Waals surface area contributed by atoms with Crippen LogP contribution in [0.4, 0.5) is 23.4 Å². The Labute approximate surface area is 213 Å². The lowest BCUT2D eigenvalue weighted by atomic mass is 9.83. The molecule has 0 spiro atoms. The van der Waals surface area contributed by atoms with Crippen molar-refractivity contribution in [2.24, 2.45) is 0 Å². The van der Waals surface area contributed by atoms with Gasteiger partial charge in [-0.3, -0.25) is 9.59 Å². The van der Waals surface area contributed by atoms with Crippen LogP contribution in [0.1, 0.15) is 34.3 Å². The van der Waals surface area contributed by atoms with E-state index in [0.717, 1.165) is 23.1 Å². The molecule has 0 radical (unpaired) electrons. The fraction of sp³-hybridized carbons (Fsp3) is 0.364. The molecule has 3 heterocycles. The molecule has 3 aromatic rings. The van der Waals surface area contributed by atoms with E-state index in [9.17, 15) is 31.2 Å². The molecule has 0 saturated heterocycles. The molecule has 11 nitrogen and oxygen atoms in total. The number of carbonyl (C=O) groups is 2. The quantitative estimate of drug-likeness (QED) is 0.420. The Morgan fingerprint density at radius 3 is 2.61 bits per heavy atom. The number of aromatic nitrogens is 3. The van der Waals surface area contributed by atoms with Crippen LogP contribution in [0.5, 0.6) is 5.75 Å². The van der Waals surface area contributed by atoms with E-state index < -0.39 is 51.5 Å². The predicted molar refractivity (Wildman–Crippen MR) is 123 cm³/mol. The summed E-state index contributed by atoms with van der Waals surface area (Å²) in [5, 5.41) is 13.2. The van der Waals surface area contributed by atoms with E-state index in [1.165, 1.54) is 19.1 Å². The lowest BCUT2D eigenvalue weighted by Gasteiger charge is -2.34. The molecule has 1 aliphatic heterocycles. The molecule has 0 fully saturated rings. The number of halogens is 4. The molecule has 1 aromatic carbocycles. The maximum Gasteiger partial charge on any atom is 0.422 e. The van der Waals surface area contributed by atoms with Crippen LogP contribution in [-0.2, 0) is 26.6 Å². The van der Waals surface area contributed by atoms with E-state index in [1.807, 2.05) is 0 Å². The molecule has 2 amide bonds. The van der Waals surface area contributed by atoms with Crippen molar-refractivity contribution < 1.29 is 44.8 Å². The number of nitrogens with one attached hydrogen (secondary N) is 2. The fourth-order valence-corrected chi connectivity index (χ4v) is 4.57. The first-order chi connectivity index (χ1) is 17.5. The van der Waals surface area contributed by atoms with Gasteiger partial charge < -0.3 is 19.9 Å². The number of aryl methyl sites for hydroxylation is 1. The van der Waals surface area contributed by atoms with Crippen LogP contribution in [-0.4, -0.2) is 60.0 Å². The van der Waals surface area contributed by atoms with Gasteiger partial charge in [0.1, 0.15) is 28.6 Å². The summed E-state index contributed by atoms with van der Waals surface area (Å²) in [6, 6.07) is 4.58. The second kappa shape index (κ2) is 9.41. The average molecular weight is 559 g/mol. The molecule has 204 valence electrons. The minimum absolute atomic E-state index is 0.0506. The van der Waals surface area contributed by atoms with Gasteiger partial charge in [-0.05, 0) is 19.9 Å². The summed E-state index contributed by atoms with van der Waals surface area (Å²) in [6.07, 6.45) is -3.84. The number of rotatable bonds is 7. The van der Waals surface area contributed by atoms with Crippen LogP contribution < -0.4 is 15.4 Å². The number of anilines is 1. The molecule has 2 aromatic heterocycles. The summed E-state index contributed by atoms with van der Waals surface area (Å²) < 4.78 is 86.2. The van der Waals surface area contributed by atoms with Crippen molar-refractivity contribution in [1.82, 2.24) is 20.3 Å². The van der Waals surface area contributed by atoms with Crippen molar-refractivity contribution in [2.45, 2.75) is 32.0 Å². The number of hydrogen-bond acceptors (Lipinski definition) is 8. The third-order valence-corrected chi connectivity index (χ3v) is 6.30. The second-order valence-corrected chi connectivity index (χ2v) is 11.1. The molecular weight excluding hydrogens is 538 g/mol. The number of ether oxygens (including phenoxy) is 1. The fourth-order valence-electron chi connectivity index (χ4n) is 4.02. The summed E-state index contributed by atoms with van der Waals surface area (Å²) in [6.45, 7) is 1.48. The Morgan fingerprint density at radius 1 is 1.32 bits per heavy atom. The van der Waals surface area contributed by atoms with Crippen molar-refractivity contribution in [2.75, 3.05) is 23.9 Å². The Kier molecular flexibility index (Phi) is 6.71. The van der Waals surface area contributed by atoms with E-state index in [-0.39, 0.29) is 40.6 Å². The normalized spacial score (nSPS) is 17.6. The van der Waals surface area contributed by atoms with E-state index in [0.29, 0.717) is 5.76 Å². The van der Waals surface area contributed by atoms with Gasteiger partial charge in [0.25, 0.3) is 5.91 Å². The van der Waals surface area contributed by atoms with Gasteiger partial charge in [0.05, 0.1) is 11.2 Å². The zero-order chi connectivity index (χ0) is 28.0. The van der Waals surface area contributed by atoms with Crippen LogP contribution in [0.15, 0.2) is 28.8 Å². The topological polar surface area (TPSA) is 145 Å². The first kappa shape index (κ1) is 27.1. The number of alkyl halides is 3. The first-order valence-corrected chi connectivity index (χ1v) is 13.0. The summed E-state index contributed by atoms with van der Waals surface area (Å²) in [5.41, 5.74) is -1.44. The van der Waals surface area contributed by atoms with Gasteiger partial charge in [0, 0.05) is 30.4 Å². The van der Waals surface area contributed by atoms with Crippen LogP contribution in [0.2, 0.25) is 0 Å². The molecule has 0 saturated carbocycles. The lowest BCUT2D eigenvalue weighted by Crippen LogP contribution is -2.49. The summed E-state index contributed by atoms with van der Waals surface area (Å²) >= 11 is 0. The number of sulfone groups is 1. The number of amides is 2. The Hall–Kier alpha value is -3.95. The van der Waals surface area contributed by atoms with E-state index in [1.54, 1.807) is 6.92 Å². The van der Waals surface area contributed by atoms with Crippen molar-refractivity contribution in [3.63, 3.8) is 0 Å². The van der Waals surface area contributed by atoms with Gasteiger partial charge in [-0.2, -0.15) is 23.0 Å². The summed E-state index contributed by atoms with van der Waals surface area (Å²) in [5.74, 6) is -3.55. The van der Waals surface area contributed by atoms with Gasteiger partial charge in [-0.15, -0.1) is 0 Å². The van der Waals surface area contributed by atoms with E-state index in [2.05, 4.69) is 25.6 Å². The van der Waals surface area contributed by atoms with Crippen LogP contribution in [0.25, 0.3) is 5.82 Å². The molecule has 0 bridgehead atoms. The maximum absolute atomic E-state index is 15.0. The van der Waals surface area contributed by atoms with Crippen LogP contribution >= 0.6 is 0 Å². The molecular formula is C22H21F4N5O6S. The standard InChI is InChI=1S/C22H21F4N5O6S/c1-11-6-16(30-37-11)31-19(27-17(32)9-38(3,34)35)18-15(29-31)8-21(2,28-20(18)33)13-5-4-12(7-14(13)23)36-10-22(24,25)26/h4-7H,8-10H2,1-3H3,(H,27,32)(H,28,33)/t21-/m0/s1. The zero-order valence-electron chi connectivity index (χ0n) is 20.1. The van der Waals surface area contributed by atoms with E-state index in [4.69, 9.17) is 4.52 Å². The zero-order valence-corrected chi connectivity index (χ0v) is 21.0. The van der Waals surface area contributed by atoms with Crippen molar-refractivity contribution in [3.05, 3.63) is 52.7 Å². The van der Waals surface area contributed by atoms with Gasteiger partial charge in [0.15, 0.2) is 28.1 Å². The molecule has 2 N–H and O–H groups in total. The maximum atomic E-state index is 15.0. The van der Waals surface area contributed by atoms with Crippen molar-refractivity contribution in [1.29, 1.82) is 0 Å². The van der Waals surface area contributed by atoms with Gasteiger partial charge in [0.2, 0.25) is 5.91 Å². The monoisotopic (exact) mass is 559 g/mol. The van der Waals surface area contributed by atoms with Gasteiger partial charge in [-0.1, -0.05) is 11.2 Å². The Bertz CT molecular complexity index is 1530. The highest BCUT2D eigenvalue weighted by Gasteiger charge is 2.42. The highest BCUT2D eigenvalue weighted by molar-refractivity contribution is 7.91. The molecule has 1 aliphatic rings. The Balaban J connectivity index is 1.72. The summed E-state index contributed by atoms with van der Waals surface area (Å²) in [7, 11) is -3.70. The van der Waals surface area contributed by atoms with Crippen LogP contribution in [0, 0.1) is 12.7 Å². The minimum atomic E-state index is -4.61. The Morgan fingerprint density at radius 2 is 2.03 bits per heavy atom. The number of fused-ring (bicyclic) bond motifs is 1. The van der Waals surface area contributed by atoms with E-state index >= 15 is 4.39 Å². The smallest absolute Gasteiger partial charge is 0.422 e. The summed E-state index contributed by atoms with van der Waals surface area (Å²) in [4.78, 5) is 25.7. The molecule has 0 unspecified atom stereocenters. The second-order valence-electron chi connectivity index (χ2n) is 9.00. The number of hydrogen-bond donors (Lipinski definition) is 2. The third-order valence-electron chi connectivity index (χ3n) is 5.52. The molecule has 1 atom stereocenters. The highest BCUT2D eigenvalue weighted by atomic mass is 32.2. The van der Waals surface area contributed by atoms with Crippen molar-refractivity contribution in [3.8, 4) is 11.6 Å². The van der Waals surface area contributed by atoms with Crippen LogP contribution in [0.3, 0.4) is 0 Å². The molecule has 4 rings (SSSR count). The lowest BCUT2D eigenvalue weighted by molar-refractivity contribution is -0.153. The number of nitrogens with zero attached hydrogens (tertiary/aromatic N) is 3. The molecule has 38 heavy (non-hydrogen) atoms. The highest BCUT2D eigenvalue weighted by Crippen LogP contribution is 2.37. The minimum Gasteiger partial charge on any atom is -0.484 e. The third kappa shape index (κ3) is 5.79. The predicted octanol–water partition coefficient (Wildman–Crippen LogP) is 2.43. The molecule has 0 aliphatic carbocycles. The van der Waals surface area contributed by atoms with Gasteiger partial charge in [-0.25, -0.2) is 12.8 Å². The number of carbonyl (C=O) groups excluding carboxylic acids is 2. The number of benzene rings is 1. The molecule has 16 heteroatoms. The SMILES string of the molecule is Cc1cc(-n2nc3c(c2NC(=O)CS(C)(=O)=O)C(=O)N[C@](C)(c2ccc(OCC(F)(F)F)cc2F)C3)no1. The van der Waals surface area contributed by atoms with Crippen molar-refractivity contribution >= 4 is 27.5 Å². The largest absolute Gasteiger partial charge is 0.484 e.